The van der Waals surface area contributed by atoms with Crippen molar-refractivity contribution in [3.8, 4) is 0 Å². The lowest BCUT2D eigenvalue weighted by molar-refractivity contribution is 0.923. The van der Waals surface area contributed by atoms with E-state index in [0.717, 1.165) is 0 Å². The molecule has 0 aliphatic heterocycles. The van der Waals surface area contributed by atoms with Crippen LogP contribution >= 0.6 is 11.3 Å². The summed E-state index contributed by atoms with van der Waals surface area (Å²) in [6.45, 7) is 0. The number of hydrazine groups is 1. The van der Waals surface area contributed by atoms with Crippen LogP contribution in [-0.2, 0) is 0 Å². The van der Waals surface area contributed by atoms with Gasteiger partial charge in [0.15, 0.2) is 11.7 Å². The molecule has 7 nitrogen and oxygen atoms in total. The van der Waals surface area contributed by atoms with Crippen LogP contribution < -0.4 is 16.7 Å². The first kappa shape index (κ1) is 13.8. The third-order valence-electron chi connectivity index (χ3n) is 2.44. The molecule has 0 saturated carbocycles. The van der Waals surface area contributed by atoms with Gasteiger partial charge in [0.05, 0.1) is 15.4 Å². The molecule has 2 rings (SSSR count). The van der Waals surface area contributed by atoms with Crippen LogP contribution in [-0.4, -0.2) is 11.7 Å². The number of rotatable bonds is 4. The fourth-order valence-electron chi connectivity index (χ4n) is 1.46. The molecule has 0 aliphatic carbocycles. The van der Waals surface area contributed by atoms with Gasteiger partial charge in [0.25, 0.3) is 0 Å². The standard InChI is InChI=1S/C12H13N7S/c13-11(17-15)9-6-7-10(20-9)12(14)18-19(16)8-4-2-1-3-5-8/h1-7,13,15H,16H2,(H2,14,18). The van der Waals surface area contributed by atoms with E-state index in [4.69, 9.17) is 22.5 Å². The number of amidine groups is 2. The zero-order valence-corrected chi connectivity index (χ0v) is 11.3. The zero-order valence-electron chi connectivity index (χ0n) is 10.4. The largest absolute Gasteiger partial charge is 0.381 e. The highest BCUT2D eigenvalue weighted by Crippen LogP contribution is 2.18. The summed E-state index contributed by atoms with van der Waals surface area (Å²) in [7, 11) is 0. The molecular weight excluding hydrogens is 274 g/mol. The number of anilines is 1. The van der Waals surface area contributed by atoms with E-state index in [1.807, 2.05) is 30.3 Å². The number of para-hydroxylation sites is 1. The smallest absolute Gasteiger partial charge is 0.183 e. The van der Waals surface area contributed by atoms with Gasteiger partial charge in [0.2, 0.25) is 0 Å². The number of hydrogen-bond donors (Lipinski definition) is 4. The van der Waals surface area contributed by atoms with Crippen molar-refractivity contribution >= 4 is 28.7 Å². The molecule has 0 unspecified atom stereocenters. The molecule has 0 saturated heterocycles. The number of benzene rings is 1. The van der Waals surface area contributed by atoms with Gasteiger partial charge in [-0.2, -0.15) is 5.12 Å². The second-order valence-corrected chi connectivity index (χ2v) is 4.87. The van der Waals surface area contributed by atoms with Gasteiger partial charge in [-0.25, -0.2) is 11.4 Å². The Labute approximate surface area is 119 Å². The Morgan fingerprint density at radius 3 is 2.40 bits per heavy atom. The van der Waals surface area contributed by atoms with Crippen LogP contribution in [0.4, 0.5) is 5.69 Å². The number of nitrogens with zero attached hydrogens (tertiary/aromatic N) is 3. The number of hydrogen-bond acceptors (Lipinski definition) is 6. The molecule has 8 heteroatoms. The van der Waals surface area contributed by atoms with Crippen LogP contribution in [0.2, 0.25) is 0 Å². The van der Waals surface area contributed by atoms with Gasteiger partial charge in [-0.1, -0.05) is 18.2 Å². The Morgan fingerprint density at radius 2 is 1.75 bits per heavy atom. The Hall–Kier alpha value is -2.58. The molecular formula is C12H13N7S. The predicted octanol–water partition coefficient (Wildman–Crippen LogP) is 2.11. The van der Waals surface area contributed by atoms with Gasteiger partial charge in [0.1, 0.15) is 0 Å². The van der Waals surface area contributed by atoms with Crippen LogP contribution in [0, 0.1) is 10.9 Å². The van der Waals surface area contributed by atoms with Gasteiger partial charge in [-0.15, -0.1) is 21.6 Å². The molecule has 102 valence electrons. The van der Waals surface area contributed by atoms with Crippen molar-refractivity contribution < 1.29 is 0 Å². The summed E-state index contributed by atoms with van der Waals surface area (Å²) in [6.07, 6.45) is 0. The minimum atomic E-state index is -0.110. The Kier molecular flexibility index (Phi) is 4.18. The third kappa shape index (κ3) is 3.05. The average molecular weight is 287 g/mol. The van der Waals surface area contributed by atoms with Crippen molar-refractivity contribution in [3.05, 3.63) is 52.2 Å². The van der Waals surface area contributed by atoms with Gasteiger partial charge < -0.3 is 5.73 Å². The van der Waals surface area contributed by atoms with E-state index in [-0.39, 0.29) is 11.7 Å². The lowest BCUT2D eigenvalue weighted by Gasteiger charge is -2.12. The first-order valence-electron chi connectivity index (χ1n) is 5.62. The van der Waals surface area contributed by atoms with Crippen LogP contribution in [0.15, 0.2) is 52.7 Å². The molecule has 0 radical (unpaired) electrons. The maximum Gasteiger partial charge on any atom is 0.183 e. The molecule has 20 heavy (non-hydrogen) atoms. The van der Waals surface area contributed by atoms with Crippen LogP contribution in [0.1, 0.15) is 9.75 Å². The number of nitrogens with two attached hydrogens (primary N) is 2. The first-order chi connectivity index (χ1) is 9.61. The molecule has 6 N–H and O–H groups in total. The Morgan fingerprint density at radius 1 is 1.10 bits per heavy atom. The molecule has 0 aliphatic rings. The minimum Gasteiger partial charge on any atom is -0.381 e. The van der Waals surface area contributed by atoms with E-state index >= 15 is 0 Å². The minimum absolute atomic E-state index is 0.110. The van der Waals surface area contributed by atoms with E-state index in [1.54, 1.807) is 12.1 Å². The fraction of sp³-hybridized carbons (Fsp3) is 0. The van der Waals surface area contributed by atoms with Crippen molar-refractivity contribution in [2.24, 2.45) is 21.8 Å². The number of hydrazone groups is 1. The highest BCUT2D eigenvalue weighted by atomic mass is 32.1. The molecule has 1 heterocycles. The zero-order chi connectivity index (χ0) is 14.5. The number of thiophene rings is 1. The van der Waals surface area contributed by atoms with Gasteiger partial charge >= 0.3 is 0 Å². The van der Waals surface area contributed by atoms with Crippen LogP contribution in [0.3, 0.4) is 0 Å². The normalized spacial score (nSPS) is 11.2. The van der Waals surface area contributed by atoms with E-state index in [2.05, 4.69) is 10.2 Å². The topological polar surface area (TPSA) is 128 Å². The van der Waals surface area contributed by atoms with E-state index in [1.165, 1.54) is 16.5 Å². The highest BCUT2D eigenvalue weighted by Gasteiger charge is 2.09. The van der Waals surface area contributed by atoms with Crippen molar-refractivity contribution in [2.75, 3.05) is 5.12 Å². The lowest BCUT2D eigenvalue weighted by Crippen LogP contribution is -2.28. The maximum atomic E-state index is 7.45. The summed E-state index contributed by atoms with van der Waals surface area (Å²) in [5.41, 5.74) is 13.4. The molecule has 0 atom stereocenters. The average Bonchev–Trinajstić information content (AvgIpc) is 2.97. The fourth-order valence-corrected chi connectivity index (χ4v) is 2.26. The molecule has 2 aromatic rings. The summed E-state index contributed by atoms with van der Waals surface area (Å²) < 4.78 is 0. The molecule has 0 fully saturated rings. The van der Waals surface area contributed by atoms with Crippen LogP contribution in [0.25, 0.3) is 0 Å². The van der Waals surface area contributed by atoms with Gasteiger partial charge in [-0.05, 0) is 24.3 Å². The molecule has 0 spiro atoms. The summed E-state index contributed by atoms with van der Waals surface area (Å²) in [5.74, 6) is 5.94. The van der Waals surface area contributed by atoms with Crippen LogP contribution in [0.5, 0.6) is 0 Å². The molecule has 0 amide bonds. The predicted molar refractivity (Wildman–Crippen MR) is 80.1 cm³/mol. The van der Waals surface area contributed by atoms with Gasteiger partial charge in [-0.3, -0.25) is 5.41 Å². The number of nitrogens with one attached hydrogen (secondary N) is 2. The SMILES string of the molecule is N=NC(=N)c1ccc(/C(N)=N/N(N)c2ccccc2)s1. The molecule has 1 aromatic carbocycles. The second-order valence-electron chi connectivity index (χ2n) is 3.79. The Bertz CT molecular complexity index is 647. The quantitative estimate of drug-likeness (QED) is 0.226. The van der Waals surface area contributed by atoms with E-state index in [0.29, 0.717) is 15.4 Å². The second kappa shape index (κ2) is 6.04. The molecule has 1 aromatic heterocycles. The summed E-state index contributed by atoms with van der Waals surface area (Å²) in [5, 5.41) is 15.8. The van der Waals surface area contributed by atoms with E-state index < -0.39 is 0 Å². The van der Waals surface area contributed by atoms with E-state index in [9.17, 15) is 0 Å². The summed E-state index contributed by atoms with van der Waals surface area (Å²) in [4.78, 5) is 1.22. The first-order valence-corrected chi connectivity index (χ1v) is 6.44. The van der Waals surface area contributed by atoms with Crippen molar-refractivity contribution in [2.45, 2.75) is 0 Å². The maximum absolute atomic E-state index is 7.45. The van der Waals surface area contributed by atoms with Crippen molar-refractivity contribution in [3.63, 3.8) is 0 Å². The highest BCUT2D eigenvalue weighted by molar-refractivity contribution is 7.16. The third-order valence-corrected chi connectivity index (χ3v) is 3.55. The molecule has 0 bridgehead atoms. The Balaban J connectivity index is 2.20. The van der Waals surface area contributed by atoms with Gasteiger partial charge in [0, 0.05) is 0 Å². The lowest BCUT2D eigenvalue weighted by atomic mass is 10.3. The summed E-state index contributed by atoms with van der Waals surface area (Å²) >= 11 is 1.23. The monoisotopic (exact) mass is 287 g/mol. The summed E-state index contributed by atoms with van der Waals surface area (Å²) in [6, 6.07) is 12.6. The van der Waals surface area contributed by atoms with Crippen molar-refractivity contribution in [1.29, 1.82) is 10.9 Å². The van der Waals surface area contributed by atoms with Crippen molar-refractivity contribution in [1.82, 2.24) is 0 Å².